The Kier molecular flexibility index (Phi) is 4.58. The van der Waals surface area contributed by atoms with Gasteiger partial charge in [-0.15, -0.1) is 0 Å². The molecule has 1 aromatic heterocycles. The van der Waals surface area contributed by atoms with Gasteiger partial charge in [0.1, 0.15) is 5.82 Å². The van der Waals surface area contributed by atoms with Crippen LogP contribution in [-0.4, -0.2) is 33.7 Å². The largest absolute Gasteiger partial charge is 0.364 e. The molecule has 3 amide bonds. The number of amides is 3. The molecule has 0 unspecified atom stereocenters. The van der Waals surface area contributed by atoms with Crippen LogP contribution in [0.2, 0.25) is 0 Å². The number of carbonyl (C=O) groups is 4. The predicted octanol–water partition coefficient (Wildman–Crippen LogP) is 2.70. The van der Waals surface area contributed by atoms with Gasteiger partial charge in [0.15, 0.2) is 0 Å². The van der Waals surface area contributed by atoms with Crippen LogP contribution in [0.4, 0.5) is 5.82 Å². The van der Waals surface area contributed by atoms with E-state index in [9.17, 15) is 19.2 Å². The summed E-state index contributed by atoms with van der Waals surface area (Å²) in [4.78, 5) is 59.0. The van der Waals surface area contributed by atoms with Crippen molar-refractivity contribution in [3.05, 3.63) is 95.2 Å². The van der Waals surface area contributed by atoms with Crippen LogP contribution >= 0.6 is 0 Å². The fraction of sp³-hybridized carbons (Fsp3) is 0. The number of rotatable bonds is 4. The van der Waals surface area contributed by atoms with Crippen molar-refractivity contribution >= 4 is 29.5 Å². The minimum absolute atomic E-state index is 0.0137. The summed E-state index contributed by atoms with van der Waals surface area (Å²) < 4.78 is 0. The first-order valence-electron chi connectivity index (χ1n) is 8.58. The second-order valence-electron chi connectivity index (χ2n) is 6.04. The van der Waals surface area contributed by atoms with Crippen LogP contribution in [0.15, 0.2) is 72.9 Å². The van der Waals surface area contributed by atoms with Gasteiger partial charge >= 0.3 is 5.97 Å². The van der Waals surface area contributed by atoms with Gasteiger partial charge in [0.2, 0.25) is 0 Å². The maximum absolute atomic E-state index is 12.7. The molecule has 0 radical (unpaired) electrons. The summed E-state index contributed by atoms with van der Waals surface area (Å²) in [6.45, 7) is 0. The van der Waals surface area contributed by atoms with Crippen LogP contribution in [0.5, 0.6) is 0 Å². The highest BCUT2D eigenvalue weighted by atomic mass is 16.7. The average Bonchev–Trinajstić information content (AvgIpc) is 2.99. The third-order valence-electron chi connectivity index (χ3n) is 4.23. The van der Waals surface area contributed by atoms with Gasteiger partial charge in [-0.1, -0.05) is 35.4 Å². The predicted molar refractivity (Wildman–Crippen MR) is 101 cm³/mol. The zero-order valence-corrected chi connectivity index (χ0v) is 14.9. The number of carbonyl (C=O) groups excluding carboxylic acids is 4. The van der Waals surface area contributed by atoms with Crippen LogP contribution in [0.25, 0.3) is 0 Å². The zero-order chi connectivity index (χ0) is 20.4. The molecule has 0 spiro atoms. The molecule has 3 aromatic rings. The van der Waals surface area contributed by atoms with E-state index in [1.54, 1.807) is 36.4 Å². The molecule has 0 fully saturated rings. The molecular weight excluding hydrogens is 374 g/mol. The molecule has 0 aliphatic carbocycles. The molecule has 0 saturated heterocycles. The molecule has 2 heterocycles. The van der Waals surface area contributed by atoms with E-state index >= 15 is 0 Å². The van der Waals surface area contributed by atoms with E-state index in [0.717, 1.165) is 0 Å². The molecule has 8 nitrogen and oxygen atoms in total. The number of benzene rings is 2. The first-order valence-corrected chi connectivity index (χ1v) is 8.58. The fourth-order valence-electron chi connectivity index (χ4n) is 2.86. The topological polar surface area (TPSA) is 106 Å². The third kappa shape index (κ3) is 3.34. The van der Waals surface area contributed by atoms with Crippen molar-refractivity contribution in [2.24, 2.45) is 0 Å². The second kappa shape index (κ2) is 7.35. The van der Waals surface area contributed by atoms with Crippen LogP contribution < -0.4 is 5.32 Å². The summed E-state index contributed by atoms with van der Waals surface area (Å²) in [5.74, 6) is -2.77. The Morgan fingerprint density at radius 1 is 0.793 bits per heavy atom. The van der Waals surface area contributed by atoms with Crippen molar-refractivity contribution in [3.63, 3.8) is 0 Å². The van der Waals surface area contributed by atoms with Gasteiger partial charge in [-0.3, -0.25) is 14.4 Å². The van der Waals surface area contributed by atoms with Crippen molar-refractivity contribution in [2.45, 2.75) is 0 Å². The highest BCUT2D eigenvalue weighted by Crippen LogP contribution is 2.24. The van der Waals surface area contributed by atoms with Crippen LogP contribution in [-0.2, 0) is 4.84 Å². The highest BCUT2D eigenvalue weighted by Gasteiger charge is 2.39. The molecule has 0 atom stereocenters. The van der Waals surface area contributed by atoms with Crippen molar-refractivity contribution in [1.82, 2.24) is 10.0 Å². The molecule has 1 N–H and O–H groups in total. The smallest absolute Gasteiger partial charge is 0.324 e. The number of anilines is 1. The van der Waals surface area contributed by atoms with Gasteiger partial charge < -0.3 is 10.2 Å². The van der Waals surface area contributed by atoms with E-state index in [-0.39, 0.29) is 22.3 Å². The van der Waals surface area contributed by atoms with E-state index in [1.807, 2.05) is 0 Å². The molecule has 0 bridgehead atoms. The SMILES string of the molecule is O=C(Nc1ccccn1)c1ccccc1C(=O)ON1C(=O)c2ccccc2C1=O. The van der Waals surface area contributed by atoms with E-state index in [2.05, 4.69) is 10.3 Å². The highest BCUT2D eigenvalue weighted by molar-refractivity contribution is 6.21. The first-order chi connectivity index (χ1) is 14.1. The van der Waals surface area contributed by atoms with Gasteiger partial charge in [0, 0.05) is 6.20 Å². The number of fused-ring (bicyclic) bond motifs is 1. The number of imide groups is 1. The Morgan fingerprint density at radius 3 is 2.00 bits per heavy atom. The molecule has 1 aliphatic heterocycles. The van der Waals surface area contributed by atoms with Gasteiger partial charge in [-0.05, 0) is 36.4 Å². The molecule has 4 rings (SSSR count). The number of hydrogen-bond acceptors (Lipinski definition) is 6. The molecule has 8 heteroatoms. The van der Waals surface area contributed by atoms with Crippen molar-refractivity contribution in [3.8, 4) is 0 Å². The lowest BCUT2D eigenvalue weighted by Gasteiger charge is -2.14. The number of hydroxylamine groups is 2. The van der Waals surface area contributed by atoms with E-state index in [4.69, 9.17) is 4.84 Å². The molecule has 0 saturated carbocycles. The monoisotopic (exact) mass is 387 g/mol. The lowest BCUT2D eigenvalue weighted by Crippen LogP contribution is -2.33. The molecule has 142 valence electrons. The Balaban J connectivity index is 1.57. The first kappa shape index (κ1) is 18.1. The molecular formula is C21H13N3O5. The van der Waals surface area contributed by atoms with Gasteiger partial charge in [-0.25, -0.2) is 9.78 Å². The van der Waals surface area contributed by atoms with Crippen LogP contribution in [0, 0.1) is 0 Å². The summed E-state index contributed by atoms with van der Waals surface area (Å²) in [7, 11) is 0. The molecule has 2 aromatic carbocycles. The number of nitrogens with one attached hydrogen (secondary N) is 1. The fourth-order valence-corrected chi connectivity index (χ4v) is 2.86. The minimum Gasteiger partial charge on any atom is -0.324 e. The standard InChI is InChI=1S/C21H13N3O5/c25-18(23-17-11-5-6-12-22-17)13-7-1-4-10-16(13)21(28)29-24-19(26)14-8-2-3-9-15(14)20(24)27/h1-12H,(H,22,23,25). The van der Waals surface area contributed by atoms with Crippen molar-refractivity contribution in [2.75, 3.05) is 5.32 Å². The Bertz CT molecular complexity index is 1110. The van der Waals surface area contributed by atoms with E-state index in [1.165, 1.54) is 36.5 Å². The minimum atomic E-state index is -1.01. The van der Waals surface area contributed by atoms with E-state index < -0.39 is 23.7 Å². The number of hydrogen-bond donors (Lipinski definition) is 1. The maximum Gasteiger partial charge on any atom is 0.364 e. The zero-order valence-electron chi connectivity index (χ0n) is 14.9. The summed E-state index contributed by atoms with van der Waals surface area (Å²) in [6, 6.07) is 17.0. The lowest BCUT2D eigenvalue weighted by atomic mass is 10.1. The number of nitrogens with zero attached hydrogens (tertiary/aromatic N) is 2. The van der Waals surface area contributed by atoms with Crippen LogP contribution in [0.3, 0.4) is 0 Å². The lowest BCUT2D eigenvalue weighted by molar-refractivity contribution is -0.0584. The number of pyridine rings is 1. The average molecular weight is 387 g/mol. The third-order valence-corrected chi connectivity index (χ3v) is 4.23. The summed E-state index contributed by atoms with van der Waals surface area (Å²) in [5, 5.41) is 2.98. The number of aromatic nitrogens is 1. The van der Waals surface area contributed by atoms with Gasteiger partial charge in [0.05, 0.1) is 22.3 Å². The van der Waals surface area contributed by atoms with Crippen molar-refractivity contribution in [1.29, 1.82) is 0 Å². The molecule has 1 aliphatic rings. The Labute approximate surface area is 164 Å². The van der Waals surface area contributed by atoms with Crippen LogP contribution in [0.1, 0.15) is 41.4 Å². The van der Waals surface area contributed by atoms with Crippen molar-refractivity contribution < 1.29 is 24.0 Å². The Morgan fingerprint density at radius 2 is 1.38 bits per heavy atom. The summed E-state index contributed by atoms with van der Waals surface area (Å²) in [5.41, 5.74) is 0.204. The maximum atomic E-state index is 12.7. The summed E-state index contributed by atoms with van der Waals surface area (Å²) in [6.07, 6.45) is 1.51. The normalized spacial score (nSPS) is 12.5. The Hall–Kier alpha value is -4.33. The van der Waals surface area contributed by atoms with Gasteiger partial charge in [-0.2, -0.15) is 0 Å². The van der Waals surface area contributed by atoms with E-state index in [0.29, 0.717) is 10.9 Å². The quantitative estimate of drug-likeness (QED) is 0.690. The summed E-state index contributed by atoms with van der Waals surface area (Å²) >= 11 is 0. The second-order valence-corrected chi connectivity index (χ2v) is 6.04. The molecule has 29 heavy (non-hydrogen) atoms. The van der Waals surface area contributed by atoms with Gasteiger partial charge in [0.25, 0.3) is 17.7 Å².